The zero-order valence-electron chi connectivity index (χ0n) is 10.7. The van der Waals surface area contributed by atoms with Crippen molar-refractivity contribution in [3.63, 3.8) is 0 Å². The highest BCUT2D eigenvalue weighted by Gasteiger charge is 2.19. The van der Waals surface area contributed by atoms with Gasteiger partial charge in [-0.2, -0.15) is 0 Å². The second-order valence-corrected chi connectivity index (χ2v) is 4.69. The Balaban J connectivity index is 2.94. The van der Waals surface area contributed by atoms with Crippen molar-refractivity contribution in [3.05, 3.63) is 23.8 Å². The van der Waals surface area contributed by atoms with Gasteiger partial charge in [-0.1, -0.05) is 0 Å². The van der Waals surface area contributed by atoms with Gasteiger partial charge < -0.3 is 10.1 Å². The quantitative estimate of drug-likeness (QED) is 0.855. The molecule has 0 saturated heterocycles. The normalized spacial score (nSPS) is 11.0. The molecule has 0 aliphatic heterocycles. The number of carbonyl (C=O) groups is 1. The fourth-order valence-electron chi connectivity index (χ4n) is 1.30. The lowest BCUT2D eigenvalue weighted by molar-refractivity contribution is 0.0635. The van der Waals surface area contributed by atoms with E-state index in [1.54, 1.807) is 20.8 Å². The Bertz CT molecular complexity index is 456. The van der Waals surface area contributed by atoms with E-state index in [1.165, 1.54) is 7.05 Å². The van der Waals surface area contributed by atoms with E-state index in [9.17, 15) is 13.6 Å². The third kappa shape index (κ3) is 3.87. The molecule has 0 unspecified atom stereocenters. The predicted molar refractivity (Wildman–Crippen MR) is 65.8 cm³/mol. The molecule has 100 valence electrons. The van der Waals surface area contributed by atoms with E-state index in [-0.39, 0.29) is 11.4 Å². The molecule has 0 aromatic heterocycles. The topological polar surface area (TPSA) is 50.4 Å². The maximum Gasteiger partial charge on any atom is 0.412 e. The molecule has 6 heteroatoms. The SMILES string of the molecule is CNc1cc(F)cc(F)c1NC(=O)OC(C)(C)C. The van der Waals surface area contributed by atoms with Crippen LogP contribution in [0.25, 0.3) is 0 Å². The van der Waals surface area contributed by atoms with Gasteiger partial charge in [0.15, 0.2) is 5.82 Å². The van der Waals surface area contributed by atoms with Crippen molar-refractivity contribution < 1.29 is 18.3 Å². The van der Waals surface area contributed by atoms with Gasteiger partial charge in [-0.25, -0.2) is 13.6 Å². The van der Waals surface area contributed by atoms with Gasteiger partial charge in [-0.05, 0) is 26.8 Å². The van der Waals surface area contributed by atoms with Gasteiger partial charge in [0.1, 0.15) is 17.1 Å². The molecule has 0 radical (unpaired) electrons. The Morgan fingerprint density at radius 2 is 1.89 bits per heavy atom. The molecule has 18 heavy (non-hydrogen) atoms. The second kappa shape index (κ2) is 5.20. The molecule has 4 nitrogen and oxygen atoms in total. The highest BCUT2D eigenvalue weighted by Crippen LogP contribution is 2.26. The highest BCUT2D eigenvalue weighted by molar-refractivity contribution is 5.89. The summed E-state index contributed by atoms with van der Waals surface area (Å²) >= 11 is 0. The molecule has 0 aliphatic rings. The standard InChI is InChI=1S/C12H16F2N2O2/c1-12(2,3)18-11(17)16-10-8(14)5-7(13)6-9(10)15-4/h5-6,15H,1-4H3,(H,16,17). The Labute approximate surface area is 104 Å². The van der Waals surface area contributed by atoms with Gasteiger partial charge in [0, 0.05) is 13.1 Å². The first kappa shape index (κ1) is 14.2. The third-order valence-corrected chi connectivity index (χ3v) is 1.95. The van der Waals surface area contributed by atoms with Crippen LogP contribution in [-0.2, 0) is 4.74 Å². The second-order valence-electron chi connectivity index (χ2n) is 4.69. The van der Waals surface area contributed by atoms with E-state index < -0.39 is 23.3 Å². The Morgan fingerprint density at radius 3 is 2.39 bits per heavy atom. The minimum absolute atomic E-state index is 0.137. The average Bonchev–Trinajstić information content (AvgIpc) is 2.18. The van der Waals surface area contributed by atoms with Gasteiger partial charge in [-0.15, -0.1) is 0 Å². The summed E-state index contributed by atoms with van der Waals surface area (Å²) < 4.78 is 31.5. The number of ether oxygens (including phenoxy) is 1. The van der Waals surface area contributed by atoms with E-state index in [1.807, 2.05) is 0 Å². The number of benzene rings is 1. The van der Waals surface area contributed by atoms with E-state index >= 15 is 0 Å². The first-order valence-electron chi connectivity index (χ1n) is 5.40. The zero-order valence-corrected chi connectivity index (χ0v) is 10.7. The van der Waals surface area contributed by atoms with Crippen molar-refractivity contribution in [2.24, 2.45) is 0 Å². The molecule has 0 heterocycles. The fraction of sp³-hybridized carbons (Fsp3) is 0.417. The Hall–Kier alpha value is -1.85. The fourth-order valence-corrected chi connectivity index (χ4v) is 1.30. The van der Waals surface area contributed by atoms with Crippen LogP contribution in [0, 0.1) is 11.6 Å². The molecule has 0 fully saturated rings. The van der Waals surface area contributed by atoms with Gasteiger partial charge in [-0.3, -0.25) is 5.32 Å². The van der Waals surface area contributed by atoms with Crippen LogP contribution in [0.4, 0.5) is 25.0 Å². The van der Waals surface area contributed by atoms with E-state index in [2.05, 4.69) is 10.6 Å². The maximum atomic E-state index is 13.5. The maximum absolute atomic E-state index is 13.5. The first-order chi connectivity index (χ1) is 8.23. The number of halogens is 2. The van der Waals surface area contributed by atoms with Crippen molar-refractivity contribution in [3.8, 4) is 0 Å². The molecule has 1 rings (SSSR count). The molecule has 0 aliphatic carbocycles. The zero-order chi connectivity index (χ0) is 13.9. The van der Waals surface area contributed by atoms with Crippen molar-refractivity contribution in [1.82, 2.24) is 0 Å². The average molecular weight is 258 g/mol. The number of amides is 1. The molecule has 1 aromatic rings. The van der Waals surface area contributed by atoms with Crippen LogP contribution in [0.15, 0.2) is 12.1 Å². The molecular formula is C12H16F2N2O2. The summed E-state index contributed by atoms with van der Waals surface area (Å²) in [6, 6.07) is 1.77. The molecule has 0 saturated carbocycles. The van der Waals surface area contributed by atoms with E-state index in [0.29, 0.717) is 6.07 Å². The summed E-state index contributed by atoms with van der Waals surface area (Å²) in [5.41, 5.74) is -0.702. The largest absolute Gasteiger partial charge is 0.444 e. The minimum atomic E-state index is -0.870. The van der Waals surface area contributed by atoms with Crippen LogP contribution in [0.3, 0.4) is 0 Å². The van der Waals surface area contributed by atoms with Crippen molar-refractivity contribution in [2.75, 3.05) is 17.7 Å². The van der Waals surface area contributed by atoms with E-state index in [4.69, 9.17) is 4.74 Å². The minimum Gasteiger partial charge on any atom is -0.444 e. The third-order valence-electron chi connectivity index (χ3n) is 1.95. The lowest BCUT2D eigenvalue weighted by atomic mass is 10.2. The van der Waals surface area contributed by atoms with Crippen molar-refractivity contribution in [2.45, 2.75) is 26.4 Å². The number of carbonyl (C=O) groups excluding carboxylic acids is 1. The number of hydrogen-bond acceptors (Lipinski definition) is 3. The smallest absolute Gasteiger partial charge is 0.412 e. The molecule has 0 bridgehead atoms. The Kier molecular flexibility index (Phi) is 4.11. The summed E-state index contributed by atoms with van der Waals surface area (Å²) in [6.07, 6.45) is -0.801. The summed E-state index contributed by atoms with van der Waals surface area (Å²) in [6.45, 7) is 5.06. The lowest BCUT2D eigenvalue weighted by Crippen LogP contribution is -2.27. The van der Waals surface area contributed by atoms with Gasteiger partial charge in [0.25, 0.3) is 0 Å². The van der Waals surface area contributed by atoms with Crippen LogP contribution in [0.5, 0.6) is 0 Å². The van der Waals surface area contributed by atoms with Crippen LogP contribution >= 0.6 is 0 Å². The molecular weight excluding hydrogens is 242 g/mol. The van der Waals surface area contributed by atoms with Gasteiger partial charge in [0.2, 0.25) is 0 Å². The number of nitrogens with one attached hydrogen (secondary N) is 2. The van der Waals surface area contributed by atoms with Gasteiger partial charge >= 0.3 is 6.09 Å². The summed E-state index contributed by atoms with van der Waals surface area (Å²) in [5.74, 6) is -1.60. The first-order valence-corrected chi connectivity index (χ1v) is 5.40. The van der Waals surface area contributed by atoms with Crippen LogP contribution in [0.2, 0.25) is 0 Å². The number of hydrogen-bond donors (Lipinski definition) is 2. The molecule has 0 atom stereocenters. The molecule has 1 amide bonds. The van der Waals surface area contributed by atoms with E-state index in [0.717, 1.165) is 6.07 Å². The summed E-state index contributed by atoms with van der Waals surface area (Å²) in [7, 11) is 1.49. The molecule has 1 aromatic carbocycles. The van der Waals surface area contributed by atoms with Crippen LogP contribution < -0.4 is 10.6 Å². The predicted octanol–water partition coefficient (Wildman–Crippen LogP) is 3.35. The van der Waals surface area contributed by atoms with Crippen LogP contribution in [0.1, 0.15) is 20.8 Å². The summed E-state index contributed by atoms with van der Waals surface area (Å²) in [5, 5.41) is 4.84. The van der Waals surface area contributed by atoms with Crippen molar-refractivity contribution >= 4 is 17.5 Å². The Morgan fingerprint density at radius 1 is 1.28 bits per heavy atom. The molecule has 0 spiro atoms. The highest BCUT2D eigenvalue weighted by atomic mass is 19.1. The lowest BCUT2D eigenvalue weighted by Gasteiger charge is -2.20. The summed E-state index contributed by atoms with van der Waals surface area (Å²) in [4.78, 5) is 11.5. The van der Waals surface area contributed by atoms with Gasteiger partial charge in [0.05, 0.1) is 5.69 Å². The van der Waals surface area contributed by atoms with Crippen molar-refractivity contribution in [1.29, 1.82) is 0 Å². The number of rotatable bonds is 2. The molecule has 2 N–H and O–H groups in total. The monoisotopic (exact) mass is 258 g/mol. The number of anilines is 2. The van der Waals surface area contributed by atoms with Crippen LogP contribution in [-0.4, -0.2) is 18.7 Å².